The number of rotatable bonds is 6. The number of benzene rings is 1. The molecule has 0 N–H and O–H groups in total. The molecule has 1 amide bonds. The Labute approximate surface area is 144 Å². The molecule has 1 aromatic heterocycles. The topological polar surface area (TPSA) is 42.4 Å². The molecule has 0 saturated heterocycles. The quantitative estimate of drug-likeness (QED) is 0.802. The highest BCUT2D eigenvalue weighted by Crippen LogP contribution is 2.16. The summed E-state index contributed by atoms with van der Waals surface area (Å²) >= 11 is 0. The van der Waals surface area contributed by atoms with E-state index in [1.54, 1.807) is 11.1 Å². The average molecular weight is 326 g/mol. The highest BCUT2D eigenvalue weighted by molar-refractivity contribution is 5.68. The van der Waals surface area contributed by atoms with Crippen LogP contribution in [0.4, 0.5) is 4.79 Å². The van der Waals surface area contributed by atoms with Crippen LogP contribution < -0.4 is 0 Å². The first-order valence-electron chi connectivity index (χ1n) is 8.35. The molecule has 2 rings (SSSR count). The monoisotopic (exact) mass is 326 g/mol. The van der Waals surface area contributed by atoms with E-state index in [0.717, 1.165) is 12.1 Å². The van der Waals surface area contributed by atoms with Gasteiger partial charge in [0.2, 0.25) is 0 Å². The van der Waals surface area contributed by atoms with E-state index in [-0.39, 0.29) is 11.6 Å². The number of ether oxygens (including phenoxy) is 1. The van der Waals surface area contributed by atoms with Crippen molar-refractivity contribution in [3.8, 4) is 0 Å². The van der Waals surface area contributed by atoms with Gasteiger partial charge < -0.3 is 9.64 Å². The van der Waals surface area contributed by atoms with Crippen molar-refractivity contribution in [1.82, 2.24) is 9.88 Å². The van der Waals surface area contributed by atoms with E-state index >= 15 is 0 Å². The molecule has 1 heterocycles. The second-order valence-corrected chi connectivity index (χ2v) is 6.74. The van der Waals surface area contributed by atoms with Crippen molar-refractivity contribution in [2.75, 3.05) is 13.2 Å². The number of pyridine rings is 1. The summed E-state index contributed by atoms with van der Waals surface area (Å²) < 4.78 is 5.47. The third-order valence-electron chi connectivity index (χ3n) is 3.81. The molecule has 0 radical (unpaired) electrons. The molecule has 0 bridgehead atoms. The molecular formula is C20H26N2O2. The number of aromatic nitrogens is 1. The first kappa shape index (κ1) is 18.0. The van der Waals surface area contributed by atoms with Gasteiger partial charge in [-0.3, -0.25) is 4.98 Å². The van der Waals surface area contributed by atoms with Crippen LogP contribution in [0.5, 0.6) is 0 Å². The number of carbonyl (C=O) groups excluding carboxylic acids is 1. The summed E-state index contributed by atoms with van der Waals surface area (Å²) in [5.41, 5.74) is 1.86. The zero-order valence-electron chi connectivity index (χ0n) is 14.7. The van der Waals surface area contributed by atoms with Gasteiger partial charge in [-0.1, -0.05) is 36.4 Å². The summed E-state index contributed by atoms with van der Waals surface area (Å²) in [6.07, 6.45) is 2.92. The van der Waals surface area contributed by atoms with Crippen molar-refractivity contribution in [1.29, 1.82) is 0 Å². The van der Waals surface area contributed by atoms with Crippen molar-refractivity contribution < 1.29 is 9.53 Å². The van der Waals surface area contributed by atoms with Crippen LogP contribution >= 0.6 is 0 Å². The van der Waals surface area contributed by atoms with Crippen LogP contribution in [-0.2, 0) is 17.6 Å². The van der Waals surface area contributed by atoms with Crippen LogP contribution in [0, 0.1) is 0 Å². The van der Waals surface area contributed by atoms with E-state index in [2.05, 4.69) is 17.1 Å². The fourth-order valence-corrected chi connectivity index (χ4v) is 2.45. The zero-order chi connectivity index (χ0) is 17.4. The minimum absolute atomic E-state index is 0.269. The lowest BCUT2D eigenvalue weighted by Crippen LogP contribution is -2.47. The van der Waals surface area contributed by atoms with Gasteiger partial charge in [0.1, 0.15) is 0 Å². The number of carbonyl (C=O) groups is 1. The SMILES string of the molecule is CC(C)(C)N(CCc1ccccc1)C(=O)OCCc1ccccn1. The van der Waals surface area contributed by atoms with Crippen LogP contribution in [0.3, 0.4) is 0 Å². The molecule has 4 heteroatoms. The zero-order valence-corrected chi connectivity index (χ0v) is 14.7. The van der Waals surface area contributed by atoms with Crippen LogP contribution in [0.1, 0.15) is 32.0 Å². The molecule has 0 aliphatic carbocycles. The highest BCUT2D eigenvalue weighted by Gasteiger charge is 2.27. The smallest absolute Gasteiger partial charge is 0.410 e. The molecule has 0 spiro atoms. The molecule has 2 aromatic rings. The fourth-order valence-electron chi connectivity index (χ4n) is 2.45. The first-order chi connectivity index (χ1) is 11.5. The minimum atomic E-state index is -0.281. The van der Waals surface area contributed by atoms with Crippen LogP contribution in [0.2, 0.25) is 0 Å². The lowest BCUT2D eigenvalue weighted by atomic mass is 10.1. The molecule has 0 aliphatic rings. The summed E-state index contributed by atoms with van der Waals surface area (Å²) in [6, 6.07) is 15.9. The van der Waals surface area contributed by atoms with E-state index in [1.807, 2.05) is 57.2 Å². The Bertz CT molecular complexity index is 621. The summed E-state index contributed by atoms with van der Waals surface area (Å²) in [4.78, 5) is 18.5. The molecule has 1 aromatic carbocycles. The maximum Gasteiger partial charge on any atom is 0.410 e. The van der Waals surface area contributed by atoms with Crippen LogP contribution in [0.25, 0.3) is 0 Å². The largest absolute Gasteiger partial charge is 0.449 e. The molecule has 0 unspecified atom stereocenters. The maximum atomic E-state index is 12.5. The second-order valence-electron chi connectivity index (χ2n) is 6.74. The third kappa shape index (κ3) is 5.69. The van der Waals surface area contributed by atoms with E-state index in [9.17, 15) is 4.79 Å². The fraction of sp³-hybridized carbons (Fsp3) is 0.400. The van der Waals surface area contributed by atoms with Crippen molar-refractivity contribution in [2.45, 2.75) is 39.2 Å². The third-order valence-corrected chi connectivity index (χ3v) is 3.81. The van der Waals surface area contributed by atoms with E-state index in [4.69, 9.17) is 4.74 Å². The van der Waals surface area contributed by atoms with Gasteiger partial charge in [-0.15, -0.1) is 0 Å². The minimum Gasteiger partial charge on any atom is -0.449 e. The summed E-state index contributed by atoms with van der Waals surface area (Å²) in [5, 5.41) is 0. The summed E-state index contributed by atoms with van der Waals surface area (Å²) in [7, 11) is 0. The van der Waals surface area contributed by atoms with E-state index in [0.29, 0.717) is 19.6 Å². The molecule has 0 aliphatic heterocycles. The molecule has 0 saturated carbocycles. The predicted octanol–water partition coefficient (Wildman–Crippen LogP) is 4.10. The Balaban J connectivity index is 1.88. The van der Waals surface area contributed by atoms with Gasteiger partial charge in [-0.2, -0.15) is 0 Å². The van der Waals surface area contributed by atoms with E-state index < -0.39 is 0 Å². The highest BCUT2D eigenvalue weighted by atomic mass is 16.6. The first-order valence-corrected chi connectivity index (χ1v) is 8.35. The van der Waals surface area contributed by atoms with E-state index in [1.165, 1.54) is 5.56 Å². The van der Waals surface area contributed by atoms with Gasteiger partial charge in [-0.05, 0) is 44.9 Å². The van der Waals surface area contributed by atoms with Gasteiger partial charge in [0.05, 0.1) is 6.61 Å². The molecular weight excluding hydrogens is 300 g/mol. The molecule has 128 valence electrons. The number of nitrogens with zero attached hydrogens (tertiary/aromatic N) is 2. The van der Waals surface area contributed by atoms with Gasteiger partial charge in [0.25, 0.3) is 0 Å². The normalized spacial score (nSPS) is 11.1. The molecule has 24 heavy (non-hydrogen) atoms. The van der Waals surface area contributed by atoms with Gasteiger partial charge >= 0.3 is 6.09 Å². The number of hydrogen-bond acceptors (Lipinski definition) is 3. The lowest BCUT2D eigenvalue weighted by Gasteiger charge is -2.34. The summed E-state index contributed by atoms with van der Waals surface area (Å²) in [5.74, 6) is 0. The van der Waals surface area contributed by atoms with Gasteiger partial charge in [-0.25, -0.2) is 4.79 Å². The van der Waals surface area contributed by atoms with Crippen LogP contribution in [-0.4, -0.2) is 34.7 Å². The van der Waals surface area contributed by atoms with Gasteiger partial charge in [0.15, 0.2) is 0 Å². The van der Waals surface area contributed by atoms with Crippen molar-refractivity contribution >= 4 is 6.09 Å². The Kier molecular flexibility index (Phi) is 6.36. The Morgan fingerprint density at radius 2 is 1.75 bits per heavy atom. The second kappa shape index (κ2) is 8.48. The Morgan fingerprint density at radius 3 is 2.38 bits per heavy atom. The van der Waals surface area contributed by atoms with Crippen LogP contribution in [0.15, 0.2) is 54.7 Å². The van der Waals surface area contributed by atoms with Crippen molar-refractivity contribution in [2.24, 2.45) is 0 Å². The lowest BCUT2D eigenvalue weighted by molar-refractivity contribution is 0.0689. The summed E-state index contributed by atoms with van der Waals surface area (Å²) in [6.45, 7) is 7.05. The molecule has 4 nitrogen and oxygen atoms in total. The Morgan fingerprint density at radius 1 is 1.04 bits per heavy atom. The predicted molar refractivity (Wildman–Crippen MR) is 95.9 cm³/mol. The van der Waals surface area contributed by atoms with Crippen molar-refractivity contribution in [3.63, 3.8) is 0 Å². The number of amides is 1. The molecule has 0 fully saturated rings. The Hall–Kier alpha value is -2.36. The molecule has 0 atom stereocenters. The van der Waals surface area contributed by atoms with Gasteiger partial charge in [0, 0.05) is 30.4 Å². The maximum absolute atomic E-state index is 12.5. The standard InChI is InChI=1S/C20H26N2O2/c1-20(2,3)22(15-12-17-9-5-4-6-10-17)19(23)24-16-13-18-11-7-8-14-21-18/h4-11,14H,12-13,15-16H2,1-3H3. The van der Waals surface area contributed by atoms with Crippen molar-refractivity contribution in [3.05, 3.63) is 66.0 Å². The average Bonchev–Trinajstić information content (AvgIpc) is 2.56. The number of hydrogen-bond donors (Lipinski definition) is 0.